The molecule has 206 valence electrons. The van der Waals surface area contributed by atoms with Gasteiger partial charge >= 0.3 is 17.9 Å². The van der Waals surface area contributed by atoms with Crippen molar-refractivity contribution in [3.8, 4) is 28.4 Å². The monoisotopic (exact) mass is 542 g/mol. The van der Waals surface area contributed by atoms with Crippen LogP contribution in [0.25, 0.3) is 17.2 Å². The summed E-state index contributed by atoms with van der Waals surface area (Å²) >= 11 is 0. The third-order valence-electron chi connectivity index (χ3n) is 5.46. The fourth-order valence-electron chi connectivity index (χ4n) is 3.29. The van der Waals surface area contributed by atoms with Crippen LogP contribution in [0.2, 0.25) is 0 Å². The summed E-state index contributed by atoms with van der Waals surface area (Å²) in [5, 5.41) is 8.92. The van der Waals surface area contributed by atoms with Crippen LogP contribution in [-0.2, 0) is 19.1 Å². The van der Waals surface area contributed by atoms with Crippen LogP contribution >= 0.6 is 0 Å². The van der Waals surface area contributed by atoms with Crippen LogP contribution < -0.4 is 14.2 Å². The van der Waals surface area contributed by atoms with Crippen LogP contribution in [0.15, 0.2) is 104 Å². The number of esters is 3. The molecule has 3 aromatic carbocycles. The average molecular weight is 543 g/mol. The number of benzene rings is 3. The van der Waals surface area contributed by atoms with Crippen molar-refractivity contribution in [1.29, 1.82) is 0 Å². The van der Waals surface area contributed by atoms with Gasteiger partial charge in [-0.15, -0.1) is 0 Å². The summed E-state index contributed by atoms with van der Waals surface area (Å²) in [6, 6.07) is 21.3. The van der Waals surface area contributed by atoms with Crippen LogP contribution in [0.4, 0.5) is 0 Å². The van der Waals surface area contributed by atoms with Gasteiger partial charge in [-0.3, -0.25) is 0 Å². The number of unbranched alkanes of at least 4 members (excludes halogenated alkanes) is 1. The lowest BCUT2D eigenvalue weighted by molar-refractivity contribution is -0.138. The molecule has 0 aromatic heterocycles. The minimum Gasteiger partial charge on any atom is -0.494 e. The summed E-state index contributed by atoms with van der Waals surface area (Å²) in [5.74, 6) is -0.227. The topological polar surface area (TPSA) is 108 Å². The quantitative estimate of drug-likeness (QED) is 0.126. The molecule has 0 amide bonds. The highest BCUT2D eigenvalue weighted by molar-refractivity contribution is 5.90. The van der Waals surface area contributed by atoms with E-state index in [1.54, 1.807) is 42.5 Å². The van der Waals surface area contributed by atoms with Gasteiger partial charge in [0.1, 0.15) is 17.2 Å². The van der Waals surface area contributed by atoms with Crippen LogP contribution in [0.1, 0.15) is 18.4 Å². The molecule has 0 heterocycles. The summed E-state index contributed by atoms with van der Waals surface area (Å²) < 4.78 is 21.1. The Kier molecular flexibility index (Phi) is 11.4. The Morgan fingerprint density at radius 2 is 1.27 bits per heavy atom. The van der Waals surface area contributed by atoms with E-state index in [1.165, 1.54) is 6.08 Å². The normalized spacial score (nSPS) is 10.5. The molecule has 1 N–H and O–H groups in total. The van der Waals surface area contributed by atoms with E-state index < -0.39 is 24.5 Å². The average Bonchev–Trinajstić information content (AvgIpc) is 2.98. The number of ether oxygens (including phenoxy) is 4. The minimum atomic E-state index is -0.708. The van der Waals surface area contributed by atoms with E-state index in [-0.39, 0.29) is 5.57 Å². The SMILES string of the molecule is C=CC(=O)OCCCCOc1ccc(-c2ccc(OC(=O)/C=C/c3ccc(OC(=O)C(=C)CO)cc3)cc2)cc1. The second-order valence-electron chi connectivity index (χ2n) is 8.45. The van der Waals surface area contributed by atoms with Crippen molar-refractivity contribution >= 4 is 24.0 Å². The number of hydrogen-bond acceptors (Lipinski definition) is 8. The smallest absolute Gasteiger partial charge is 0.341 e. The molecular formula is C32H30O8. The van der Waals surface area contributed by atoms with Gasteiger partial charge in [0.25, 0.3) is 0 Å². The molecule has 0 unspecified atom stereocenters. The summed E-state index contributed by atoms with van der Waals surface area (Å²) in [5.41, 5.74) is 2.60. The predicted molar refractivity (Wildman–Crippen MR) is 151 cm³/mol. The molecule has 8 heteroatoms. The summed E-state index contributed by atoms with van der Waals surface area (Å²) in [4.78, 5) is 34.9. The summed E-state index contributed by atoms with van der Waals surface area (Å²) in [6.07, 6.45) is 5.49. The Labute approximate surface area is 232 Å². The first-order valence-corrected chi connectivity index (χ1v) is 12.5. The van der Waals surface area contributed by atoms with Gasteiger partial charge in [0.05, 0.1) is 25.4 Å². The van der Waals surface area contributed by atoms with Crippen molar-refractivity contribution in [3.05, 3.63) is 109 Å². The number of rotatable bonds is 14. The van der Waals surface area contributed by atoms with Gasteiger partial charge < -0.3 is 24.1 Å². The maximum Gasteiger partial charge on any atom is 0.341 e. The molecule has 0 aliphatic carbocycles. The van der Waals surface area contributed by atoms with Crippen LogP contribution in [0.5, 0.6) is 17.2 Å². The zero-order valence-electron chi connectivity index (χ0n) is 21.9. The van der Waals surface area contributed by atoms with Gasteiger partial charge in [-0.1, -0.05) is 49.6 Å². The first kappa shape index (κ1) is 29.6. The van der Waals surface area contributed by atoms with Crippen molar-refractivity contribution in [2.24, 2.45) is 0 Å². The molecule has 0 saturated heterocycles. The second kappa shape index (κ2) is 15.5. The van der Waals surface area contributed by atoms with Gasteiger partial charge in [0.15, 0.2) is 0 Å². The predicted octanol–water partition coefficient (Wildman–Crippen LogP) is 5.31. The minimum absolute atomic E-state index is 0.0439. The molecular weight excluding hydrogens is 512 g/mol. The fraction of sp³-hybridized carbons (Fsp3) is 0.156. The summed E-state index contributed by atoms with van der Waals surface area (Å²) in [6.45, 7) is 7.14. The molecule has 8 nitrogen and oxygen atoms in total. The molecule has 0 saturated carbocycles. The van der Waals surface area contributed by atoms with E-state index in [9.17, 15) is 14.4 Å². The van der Waals surface area contributed by atoms with Crippen LogP contribution in [0, 0.1) is 0 Å². The van der Waals surface area contributed by atoms with Crippen molar-refractivity contribution in [1.82, 2.24) is 0 Å². The second-order valence-corrected chi connectivity index (χ2v) is 8.45. The molecule has 0 bridgehead atoms. The standard InChI is InChI=1S/C32H30O8/c1-3-30(34)38-21-5-4-20-37-27-15-9-25(10-16-27)26-11-17-28(18-12-26)39-31(35)19-8-24-6-13-29(14-7-24)40-32(36)23(2)22-33/h3,6-19,33H,1-2,4-5,20-22H2/b19-8+. The van der Waals surface area contributed by atoms with E-state index in [4.69, 9.17) is 24.1 Å². The van der Waals surface area contributed by atoms with Gasteiger partial charge in [-0.25, -0.2) is 14.4 Å². The van der Waals surface area contributed by atoms with E-state index >= 15 is 0 Å². The van der Waals surface area contributed by atoms with E-state index in [1.807, 2.05) is 36.4 Å². The van der Waals surface area contributed by atoms with Crippen LogP contribution in [-0.4, -0.2) is 42.8 Å². The highest BCUT2D eigenvalue weighted by Gasteiger charge is 2.08. The van der Waals surface area contributed by atoms with E-state index in [2.05, 4.69) is 13.2 Å². The van der Waals surface area contributed by atoms with Gasteiger partial charge in [-0.05, 0) is 72.0 Å². The van der Waals surface area contributed by atoms with Gasteiger partial charge in [0, 0.05) is 12.2 Å². The van der Waals surface area contributed by atoms with Crippen molar-refractivity contribution < 1.29 is 38.4 Å². The maximum absolute atomic E-state index is 12.2. The molecule has 0 aliphatic heterocycles. The van der Waals surface area contributed by atoms with E-state index in [0.717, 1.165) is 29.4 Å². The first-order chi connectivity index (χ1) is 19.4. The highest BCUT2D eigenvalue weighted by atomic mass is 16.5. The third-order valence-corrected chi connectivity index (χ3v) is 5.46. The molecule has 0 spiro atoms. The number of hydrogen-bond donors (Lipinski definition) is 1. The maximum atomic E-state index is 12.2. The first-order valence-electron chi connectivity index (χ1n) is 12.5. The number of aliphatic hydroxyl groups is 1. The van der Waals surface area contributed by atoms with Gasteiger partial charge in [-0.2, -0.15) is 0 Å². The molecule has 0 atom stereocenters. The Hall–Kier alpha value is -4.95. The molecule has 0 radical (unpaired) electrons. The molecule has 0 fully saturated rings. The lowest BCUT2D eigenvalue weighted by Crippen LogP contribution is -2.12. The highest BCUT2D eigenvalue weighted by Crippen LogP contribution is 2.25. The van der Waals surface area contributed by atoms with Crippen molar-refractivity contribution in [2.75, 3.05) is 19.8 Å². The lowest BCUT2D eigenvalue weighted by atomic mass is 10.1. The number of aliphatic hydroxyl groups excluding tert-OH is 1. The van der Waals surface area contributed by atoms with E-state index in [0.29, 0.717) is 36.7 Å². The van der Waals surface area contributed by atoms with Gasteiger partial charge in [0.2, 0.25) is 0 Å². The fourth-order valence-corrected chi connectivity index (χ4v) is 3.29. The zero-order chi connectivity index (χ0) is 28.7. The van der Waals surface area contributed by atoms with Crippen molar-refractivity contribution in [2.45, 2.75) is 12.8 Å². The largest absolute Gasteiger partial charge is 0.494 e. The Balaban J connectivity index is 1.44. The molecule has 0 aliphatic rings. The van der Waals surface area contributed by atoms with Crippen molar-refractivity contribution in [3.63, 3.8) is 0 Å². The summed E-state index contributed by atoms with van der Waals surface area (Å²) in [7, 11) is 0. The third kappa shape index (κ3) is 9.74. The lowest BCUT2D eigenvalue weighted by Gasteiger charge is -2.08. The molecule has 3 aromatic rings. The zero-order valence-corrected chi connectivity index (χ0v) is 21.9. The Morgan fingerprint density at radius 3 is 1.88 bits per heavy atom. The Bertz CT molecular complexity index is 1340. The molecule has 40 heavy (non-hydrogen) atoms. The number of carbonyl (C=O) groups excluding carboxylic acids is 3. The Morgan fingerprint density at radius 1 is 0.725 bits per heavy atom. The molecule has 3 rings (SSSR count). The van der Waals surface area contributed by atoms with Crippen LogP contribution in [0.3, 0.4) is 0 Å². The number of carbonyl (C=O) groups is 3.